The highest BCUT2D eigenvalue weighted by Crippen LogP contribution is 2.20. The molecular weight excluding hydrogens is 278 g/mol. The highest BCUT2D eigenvalue weighted by molar-refractivity contribution is 5.52. The van der Waals surface area contributed by atoms with Gasteiger partial charge in [-0.25, -0.2) is 4.98 Å². The Hall–Kier alpha value is -2.37. The van der Waals surface area contributed by atoms with Crippen molar-refractivity contribution in [1.29, 1.82) is 0 Å². The van der Waals surface area contributed by atoms with Gasteiger partial charge in [-0.3, -0.25) is 0 Å². The summed E-state index contributed by atoms with van der Waals surface area (Å²) in [5.74, 6) is 2.73. The van der Waals surface area contributed by atoms with E-state index in [4.69, 9.17) is 4.52 Å². The van der Waals surface area contributed by atoms with Crippen LogP contribution in [0.15, 0.2) is 34.5 Å². The fourth-order valence-corrected chi connectivity index (χ4v) is 2.54. The Morgan fingerprint density at radius 1 is 1.27 bits per heavy atom. The van der Waals surface area contributed by atoms with Crippen LogP contribution < -0.4 is 10.6 Å². The molecule has 6 heteroatoms. The molecule has 116 valence electrons. The zero-order valence-electron chi connectivity index (χ0n) is 12.8. The van der Waals surface area contributed by atoms with Crippen molar-refractivity contribution in [2.75, 3.05) is 17.2 Å². The highest BCUT2D eigenvalue weighted by atomic mass is 16.5. The van der Waals surface area contributed by atoms with Gasteiger partial charge in [-0.15, -0.1) is 0 Å². The van der Waals surface area contributed by atoms with Gasteiger partial charge in [-0.1, -0.05) is 16.8 Å². The molecule has 0 amide bonds. The van der Waals surface area contributed by atoms with Gasteiger partial charge in [0, 0.05) is 18.8 Å². The molecule has 0 saturated carbocycles. The lowest BCUT2D eigenvalue weighted by Gasteiger charge is -2.13. The number of hydrogen-bond acceptors (Lipinski definition) is 6. The van der Waals surface area contributed by atoms with E-state index >= 15 is 0 Å². The molecule has 0 aliphatic heterocycles. The molecule has 0 atom stereocenters. The first-order chi connectivity index (χ1) is 10.8. The van der Waals surface area contributed by atoms with Gasteiger partial charge in [0.1, 0.15) is 11.6 Å². The summed E-state index contributed by atoms with van der Waals surface area (Å²) in [6, 6.07) is 3.63. The molecule has 2 N–H and O–H groups in total. The van der Waals surface area contributed by atoms with Crippen LogP contribution in [0.25, 0.3) is 0 Å². The van der Waals surface area contributed by atoms with Crippen molar-refractivity contribution < 1.29 is 4.52 Å². The number of anilines is 3. The van der Waals surface area contributed by atoms with E-state index in [-0.39, 0.29) is 0 Å². The molecule has 2 aromatic heterocycles. The summed E-state index contributed by atoms with van der Waals surface area (Å²) in [6.45, 7) is 2.71. The molecule has 2 aromatic rings. The fourth-order valence-electron chi connectivity index (χ4n) is 2.54. The molecule has 6 nitrogen and oxygen atoms in total. The van der Waals surface area contributed by atoms with Gasteiger partial charge in [0.2, 0.25) is 5.95 Å². The Balaban J connectivity index is 1.53. The van der Waals surface area contributed by atoms with E-state index in [9.17, 15) is 0 Å². The van der Waals surface area contributed by atoms with Gasteiger partial charge in [0.15, 0.2) is 5.82 Å². The monoisotopic (exact) mass is 299 g/mol. The van der Waals surface area contributed by atoms with Crippen molar-refractivity contribution in [2.24, 2.45) is 0 Å². The van der Waals surface area contributed by atoms with E-state index in [1.165, 1.54) is 25.7 Å². The minimum Gasteiger partial charge on any atom is -0.360 e. The first-order valence-electron chi connectivity index (χ1n) is 7.75. The van der Waals surface area contributed by atoms with Gasteiger partial charge in [0.25, 0.3) is 0 Å². The van der Waals surface area contributed by atoms with Crippen LogP contribution in [0.2, 0.25) is 0 Å². The maximum absolute atomic E-state index is 5.02. The zero-order chi connectivity index (χ0) is 15.2. The lowest BCUT2D eigenvalue weighted by Crippen LogP contribution is -2.08. The Labute approximate surface area is 130 Å². The Morgan fingerprint density at radius 2 is 2.23 bits per heavy atom. The number of nitrogens with zero attached hydrogens (tertiary/aromatic N) is 3. The average molecular weight is 299 g/mol. The number of aromatic nitrogens is 3. The van der Waals surface area contributed by atoms with Crippen LogP contribution in [-0.2, 0) is 0 Å². The van der Waals surface area contributed by atoms with Crippen LogP contribution in [0.5, 0.6) is 0 Å². The average Bonchev–Trinajstić information content (AvgIpc) is 2.94. The summed E-state index contributed by atoms with van der Waals surface area (Å²) in [5, 5.41) is 10.3. The van der Waals surface area contributed by atoms with Crippen LogP contribution >= 0.6 is 0 Å². The summed E-state index contributed by atoms with van der Waals surface area (Å²) >= 11 is 0. The van der Waals surface area contributed by atoms with Crippen molar-refractivity contribution in [3.05, 3.63) is 35.7 Å². The summed E-state index contributed by atoms with van der Waals surface area (Å²) in [5.41, 5.74) is 1.55. The molecule has 0 unspecified atom stereocenters. The second-order valence-corrected chi connectivity index (χ2v) is 5.50. The van der Waals surface area contributed by atoms with Crippen molar-refractivity contribution in [3.63, 3.8) is 0 Å². The molecule has 0 bridgehead atoms. The molecule has 0 spiro atoms. The quantitative estimate of drug-likeness (QED) is 0.790. The Kier molecular flexibility index (Phi) is 4.68. The maximum Gasteiger partial charge on any atom is 0.224 e. The minimum absolute atomic E-state index is 0.627. The number of rotatable bonds is 6. The maximum atomic E-state index is 5.02. The molecular formula is C16H21N5O. The predicted molar refractivity (Wildman–Crippen MR) is 86.2 cm³/mol. The largest absolute Gasteiger partial charge is 0.360 e. The van der Waals surface area contributed by atoms with Crippen molar-refractivity contribution in [3.8, 4) is 0 Å². The minimum atomic E-state index is 0.627. The Bertz CT molecular complexity index is 649. The normalized spacial score (nSPS) is 14.5. The van der Waals surface area contributed by atoms with Crippen molar-refractivity contribution in [2.45, 2.75) is 39.0 Å². The van der Waals surface area contributed by atoms with Crippen LogP contribution in [-0.4, -0.2) is 21.7 Å². The van der Waals surface area contributed by atoms with Gasteiger partial charge in [0.05, 0.1) is 0 Å². The fraction of sp³-hybridized carbons (Fsp3) is 0.438. The molecule has 0 saturated heterocycles. The summed E-state index contributed by atoms with van der Waals surface area (Å²) in [6.07, 6.45) is 10.3. The van der Waals surface area contributed by atoms with Crippen LogP contribution in [0.3, 0.4) is 0 Å². The van der Waals surface area contributed by atoms with E-state index in [2.05, 4.69) is 31.8 Å². The van der Waals surface area contributed by atoms with E-state index in [0.717, 1.165) is 18.7 Å². The smallest absolute Gasteiger partial charge is 0.224 e. The summed E-state index contributed by atoms with van der Waals surface area (Å²) in [7, 11) is 0. The van der Waals surface area contributed by atoms with Crippen molar-refractivity contribution >= 4 is 17.6 Å². The molecule has 0 radical (unpaired) electrons. The first kappa shape index (κ1) is 14.6. The first-order valence-corrected chi connectivity index (χ1v) is 7.75. The van der Waals surface area contributed by atoms with Gasteiger partial charge in [-0.2, -0.15) is 4.98 Å². The van der Waals surface area contributed by atoms with E-state index < -0.39 is 0 Å². The van der Waals surface area contributed by atoms with Gasteiger partial charge in [-0.05, 0) is 45.1 Å². The number of hydrogen-bond donors (Lipinski definition) is 2. The zero-order valence-corrected chi connectivity index (χ0v) is 12.8. The third kappa shape index (κ3) is 4.07. The van der Waals surface area contributed by atoms with E-state index in [1.807, 2.05) is 13.0 Å². The standard InChI is InChI=1S/C16H21N5O/c1-12-11-15(21-22-12)19-14-8-10-18-16(20-14)17-9-7-13-5-3-2-4-6-13/h5,8,10-11H,2-4,6-7,9H2,1H3,(H2,17,18,19,20,21). The van der Waals surface area contributed by atoms with Crippen LogP contribution in [0.1, 0.15) is 37.9 Å². The topological polar surface area (TPSA) is 75.9 Å². The molecule has 1 aliphatic carbocycles. The summed E-state index contributed by atoms with van der Waals surface area (Å²) < 4.78 is 5.02. The number of aryl methyl sites for hydroxylation is 1. The third-order valence-electron chi connectivity index (χ3n) is 3.65. The summed E-state index contributed by atoms with van der Waals surface area (Å²) in [4.78, 5) is 8.67. The molecule has 0 aromatic carbocycles. The van der Waals surface area contributed by atoms with Crippen molar-refractivity contribution in [1.82, 2.24) is 15.1 Å². The lowest BCUT2D eigenvalue weighted by atomic mass is 9.97. The van der Waals surface area contributed by atoms with Crippen LogP contribution in [0.4, 0.5) is 17.6 Å². The SMILES string of the molecule is Cc1cc(Nc2ccnc(NCCC3=CCCCC3)n2)no1. The molecule has 3 rings (SSSR count). The number of nitrogens with one attached hydrogen (secondary N) is 2. The highest BCUT2D eigenvalue weighted by Gasteiger charge is 2.05. The second-order valence-electron chi connectivity index (χ2n) is 5.50. The second kappa shape index (κ2) is 7.06. The van der Waals surface area contributed by atoms with E-state index in [1.54, 1.807) is 17.8 Å². The van der Waals surface area contributed by atoms with Gasteiger partial charge >= 0.3 is 0 Å². The van der Waals surface area contributed by atoms with Gasteiger partial charge < -0.3 is 15.2 Å². The molecule has 1 aliphatic rings. The predicted octanol–water partition coefficient (Wildman–Crippen LogP) is 3.82. The lowest BCUT2D eigenvalue weighted by molar-refractivity contribution is 0.400. The molecule has 2 heterocycles. The Morgan fingerprint density at radius 3 is 3.00 bits per heavy atom. The molecule has 0 fully saturated rings. The van der Waals surface area contributed by atoms with E-state index in [0.29, 0.717) is 17.6 Å². The third-order valence-corrected chi connectivity index (χ3v) is 3.65. The molecule has 22 heavy (non-hydrogen) atoms. The number of allylic oxidation sites excluding steroid dienone is 1. The van der Waals surface area contributed by atoms with Crippen LogP contribution in [0, 0.1) is 6.92 Å².